The van der Waals surface area contributed by atoms with Crippen molar-refractivity contribution in [1.82, 2.24) is 9.47 Å². The summed E-state index contributed by atoms with van der Waals surface area (Å²) < 4.78 is 12.7. The molecule has 30 heavy (non-hydrogen) atoms. The van der Waals surface area contributed by atoms with E-state index < -0.39 is 5.78 Å². The third-order valence-electron chi connectivity index (χ3n) is 4.95. The number of hydrogen-bond donors (Lipinski definition) is 2. The predicted octanol–water partition coefficient (Wildman–Crippen LogP) is 2.77. The topological polar surface area (TPSA) is 101 Å². The molecule has 0 saturated heterocycles. The molecule has 154 valence electrons. The van der Waals surface area contributed by atoms with Crippen LogP contribution >= 0.6 is 0 Å². The van der Waals surface area contributed by atoms with Crippen molar-refractivity contribution in [3.05, 3.63) is 53.4 Å². The number of carbonyl (C=O) groups excluding carboxylic acids is 2. The number of phenolic OH excluding ortho intramolecular Hbond substituents is 2. The highest BCUT2D eigenvalue weighted by molar-refractivity contribution is 6.16. The van der Waals surface area contributed by atoms with Crippen LogP contribution in [0.25, 0.3) is 17.0 Å². The van der Waals surface area contributed by atoms with Gasteiger partial charge in [0.25, 0.3) is 0 Å². The quantitative estimate of drug-likeness (QED) is 0.644. The number of aromatic hydroxyl groups is 2. The van der Waals surface area contributed by atoms with Crippen LogP contribution in [-0.4, -0.2) is 52.6 Å². The lowest BCUT2D eigenvalue weighted by Gasteiger charge is -2.11. The second-order valence-corrected chi connectivity index (χ2v) is 7.16. The summed E-state index contributed by atoms with van der Waals surface area (Å²) in [6.45, 7) is 0.128. The average Bonchev–Trinajstić information content (AvgIpc) is 3.19. The second kappa shape index (κ2) is 7.14. The number of rotatable bonds is 4. The smallest absolute Gasteiger partial charge is 0.241 e. The van der Waals surface area contributed by atoms with Crippen LogP contribution in [0.4, 0.5) is 0 Å². The normalized spacial score (nSPS) is 14.1. The van der Waals surface area contributed by atoms with Crippen LogP contribution in [0.5, 0.6) is 23.0 Å². The Kier molecular flexibility index (Phi) is 4.62. The largest absolute Gasteiger partial charge is 0.508 e. The molecule has 3 aromatic rings. The summed E-state index contributed by atoms with van der Waals surface area (Å²) in [4.78, 5) is 26.5. The Labute approximate surface area is 172 Å². The first kappa shape index (κ1) is 19.4. The Balaban J connectivity index is 1.82. The number of allylic oxidation sites excluding steroid dienone is 1. The first-order valence-corrected chi connectivity index (χ1v) is 9.15. The number of Topliss-reactive ketones (excluding diaryl/α,β-unsaturated/α-hetero) is 1. The lowest BCUT2D eigenvalue weighted by Crippen LogP contribution is -2.25. The molecule has 0 fully saturated rings. The van der Waals surface area contributed by atoms with Gasteiger partial charge in [0.1, 0.15) is 35.1 Å². The molecule has 0 atom stereocenters. The standard InChI is InChI=1S/C22H20N2O6/c1-23(2)20(27)11-24-10-12(15-9-14(29-3)4-5-16(15)24)6-19-22(28)21-17(26)7-13(25)8-18(21)30-19/h4-10,25-26H,11H2,1-3H3/b19-6-. The van der Waals surface area contributed by atoms with Crippen molar-refractivity contribution in [1.29, 1.82) is 0 Å². The maximum atomic E-state index is 12.7. The first-order valence-electron chi connectivity index (χ1n) is 9.15. The van der Waals surface area contributed by atoms with Crippen molar-refractivity contribution < 1.29 is 29.3 Å². The number of carbonyl (C=O) groups is 2. The number of ether oxygens (including phenoxy) is 2. The predicted molar refractivity (Wildman–Crippen MR) is 110 cm³/mol. The molecular formula is C22H20N2O6. The molecule has 1 amide bonds. The summed E-state index contributed by atoms with van der Waals surface area (Å²) in [6, 6.07) is 7.82. The van der Waals surface area contributed by atoms with Crippen molar-refractivity contribution in [2.24, 2.45) is 0 Å². The fourth-order valence-electron chi connectivity index (χ4n) is 3.38. The molecule has 8 heteroatoms. The maximum absolute atomic E-state index is 12.7. The van der Waals surface area contributed by atoms with E-state index in [-0.39, 0.29) is 41.0 Å². The Morgan fingerprint density at radius 1 is 1.23 bits per heavy atom. The molecule has 0 bridgehead atoms. The molecule has 4 rings (SSSR count). The van der Waals surface area contributed by atoms with Crippen molar-refractivity contribution in [3.63, 3.8) is 0 Å². The summed E-state index contributed by atoms with van der Waals surface area (Å²) >= 11 is 0. The van der Waals surface area contributed by atoms with E-state index in [1.165, 1.54) is 11.0 Å². The average molecular weight is 408 g/mol. The summed E-state index contributed by atoms with van der Waals surface area (Å²) in [5.74, 6) is -0.399. The van der Waals surface area contributed by atoms with Gasteiger partial charge in [0.2, 0.25) is 11.7 Å². The number of hydrogen-bond acceptors (Lipinski definition) is 6. The van der Waals surface area contributed by atoms with Crippen molar-refractivity contribution in [3.8, 4) is 23.0 Å². The number of likely N-dealkylation sites (N-methyl/N-ethyl adjacent to an activating group) is 1. The minimum absolute atomic E-state index is 0.00292. The number of phenols is 2. The number of nitrogens with zero attached hydrogens (tertiary/aromatic N) is 2. The Morgan fingerprint density at radius 2 is 2.00 bits per heavy atom. The van der Waals surface area contributed by atoms with Gasteiger partial charge >= 0.3 is 0 Å². The molecule has 2 aromatic carbocycles. The van der Waals surface area contributed by atoms with E-state index in [1.54, 1.807) is 44.1 Å². The number of benzene rings is 2. The van der Waals surface area contributed by atoms with E-state index >= 15 is 0 Å². The third kappa shape index (κ3) is 3.22. The molecule has 0 radical (unpaired) electrons. The Morgan fingerprint density at radius 3 is 2.70 bits per heavy atom. The zero-order chi connectivity index (χ0) is 21.6. The number of fused-ring (bicyclic) bond motifs is 2. The van der Waals surface area contributed by atoms with Gasteiger partial charge in [-0.15, -0.1) is 0 Å². The van der Waals surface area contributed by atoms with Crippen molar-refractivity contribution in [2.75, 3.05) is 21.2 Å². The van der Waals surface area contributed by atoms with Crippen LogP contribution in [0.3, 0.4) is 0 Å². The van der Waals surface area contributed by atoms with Crippen LogP contribution in [0.2, 0.25) is 0 Å². The molecule has 1 aromatic heterocycles. The highest BCUT2D eigenvalue weighted by atomic mass is 16.5. The van der Waals surface area contributed by atoms with E-state index in [2.05, 4.69) is 0 Å². The SMILES string of the molecule is COc1ccc2c(c1)c(/C=C1\Oc3cc(O)cc(O)c3C1=O)cn2CC(=O)N(C)C. The fraction of sp³-hybridized carbons (Fsp3) is 0.182. The van der Waals surface area contributed by atoms with E-state index in [4.69, 9.17) is 9.47 Å². The van der Waals surface area contributed by atoms with Crippen molar-refractivity contribution >= 4 is 28.7 Å². The van der Waals surface area contributed by atoms with Gasteiger partial charge < -0.3 is 29.2 Å². The molecule has 0 unspecified atom stereocenters. The number of amides is 1. The summed E-state index contributed by atoms with van der Waals surface area (Å²) in [6.07, 6.45) is 3.31. The minimum atomic E-state index is -0.490. The first-order chi connectivity index (χ1) is 14.3. The van der Waals surface area contributed by atoms with E-state index in [0.717, 1.165) is 17.0 Å². The third-order valence-corrected chi connectivity index (χ3v) is 4.95. The van der Waals surface area contributed by atoms with Crippen LogP contribution in [0, 0.1) is 0 Å². The highest BCUT2D eigenvalue weighted by Gasteiger charge is 2.31. The lowest BCUT2D eigenvalue weighted by atomic mass is 10.1. The Hall–Kier alpha value is -3.94. The molecular weight excluding hydrogens is 388 g/mol. The molecule has 0 saturated carbocycles. The van der Waals surface area contributed by atoms with E-state index in [9.17, 15) is 19.8 Å². The van der Waals surface area contributed by atoms with Crippen LogP contribution < -0.4 is 9.47 Å². The molecule has 0 aliphatic carbocycles. The van der Waals surface area contributed by atoms with Crippen LogP contribution in [-0.2, 0) is 11.3 Å². The molecule has 2 N–H and O–H groups in total. The molecule has 0 spiro atoms. The zero-order valence-electron chi connectivity index (χ0n) is 16.7. The van der Waals surface area contributed by atoms with Gasteiger partial charge in [-0.3, -0.25) is 9.59 Å². The fourth-order valence-corrected chi connectivity index (χ4v) is 3.38. The van der Waals surface area contributed by atoms with Gasteiger partial charge in [-0.05, 0) is 24.3 Å². The number of aromatic nitrogens is 1. The molecule has 2 heterocycles. The van der Waals surface area contributed by atoms with Gasteiger partial charge in [0.15, 0.2) is 5.76 Å². The molecule has 1 aliphatic heterocycles. The maximum Gasteiger partial charge on any atom is 0.241 e. The summed E-state index contributed by atoms with van der Waals surface area (Å²) in [5.41, 5.74) is 1.44. The van der Waals surface area contributed by atoms with Crippen molar-refractivity contribution in [2.45, 2.75) is 6.54 Å². The van der Waals surface area contributed by atoms with E-state index in [0.29, 0.717) is 11.3 Å². The van der Waals surface area contributed by atoms with Gasteiger partial charge in [0.05, 0.1) is 7.11 Å². The monoisotopic (exact) mass is 408 g/mol. The van der Waals surface area contributed by atoms with Crippen LogP contribution in [0.15, 0.2) is 42.3 Å². The zero-order valence-corrected chi connectivity index (χ0v) is 16.7. The Bertz CT molecular complexity index is 1220. The van der Waals surface area contributed by atoms with Crippen LogP contribution in [0.1, 0.15) is 15.9 Å². The minimum Gasteiger partial charge on any atom is -0.508 e. The molecule has 8 nitrogen and oxygen atoms in total. The lowest BCUT2D eigenvalue weighted by molar-refractivity contribution is -0.129. The number of ketones is 1. The summed E-state index contributed by atoms with van der Waals surface area (Å²) in [7, 11) is 4.93. The molecule has 1 aliphatic rings. The van der Waals surface area contributed by atoms with Gasteiger partial charge in [0, 0.05) is 48.9 Å². The summed E-state index contributed by atoms with van der Waals surface area (Å²) in [5, 5.41) is 20.4. The number of methoxy groups -OCH3 is 1. The van der Waals surface area contributed by atoms with E-state index in [1.807, 2.05) is 12.1 Å². The van der Waals surface area contributed by atoms with Gasteiger partial charge in [-0.25, -0.2) is 0 Å². The second-order valence-electron chi connectivity index (χ2n) is 7.16. The van der Waals surface area contributed by atoms with Gasteiger partial charge in [-0.1, -0.05) is 0 Å². The highest BCUT2D eigenvalue weighted by Crippen LogP contribution is 2.41. The van der Waals surface area contributed by atoms with Gasteiger partial charge in [-0.2, -0.15) is 0 Å².